The molecule has 0 saturated heterocycles. The first-order valence-electron chi connectivity index (χ1n) is 10.6. The average molecular weight is 471 g/mol. The third-order valence-corrected chi connectivity index (χ3v) is 6.12. The topological polar surface area (TPSA) is 75.7 Å². The van der Waals surface area contributed by atoms with Crippen LogP contribution >= 0.6 is 0 Å². The second-order valence-corrected chi connectivity index (χ2v) is 9.41. The molecule has 8 heteroatoms. The molecule has 0 fully saturated rings. The summed E-state index contributed by atoms with van der Waals surface area (Å²) >= 11 is 0. The first-order valence-corrected chi connectivity index (χ1v) is 12.4. The number of sulfonamides is 1. The van der Waals surface area contributed by atoms with Crippen LogP contribution in [-0.2, 0) is 23.0 Å². The SMILES string of the molecule is CCOc1ccccc1N(Cc1ccc(C(=O)NCCc2ccc(F)cc2)cc1)S(C)(=O)=O. The number of anilines is 1. The molecule has 174 valence electrons. The van der Waals surface area contributed by atoms with Crippen molar-refractivity contribution in [3.05, 3.63) is 95.3 Å². The van der Waals surface area contributed by atoms with Crippen LogP contribution < -0.4 is 14.4 Å². The van der Waals surface area contributed by atoms with Gasteiger partial charge in [0.2, 0.25) is 10.0 Å². The highest BCUT2D eigenvalue weighted by Gasteiger charge is 2.21. The molecule has 0 spiro atoms. The van der Waals surface area contributed by atoms with E-state index < -0.39 is 10.0 Å². The summed E-state index contributed by atoms with van der Waals surface area (Å²) in [6, 6.07) is 19.9. The Balaban J connectivity index is 1.66. The fraction of sp³-hybridized carbons (Fsp3) is 0.240. The standard InChI is InChI=1S/C25H27FN2O4S/c1-3-32-24-7-5-4-6-23(24)28(33(2,30)31)18-20-8-12-21(13-9-20)25(29)27-17-16-19-10-14-22(26)15-11-19/h4-15H,3,16-18H2,1-2H3,(H,27,29). The number of halogens is 1. The van der Waals surface area contributed by atoms with E-state index in [0.717, 1.165) is 17.4 Å². The zero-order valence-corrected chi connectivity index (χ0v) is 19.4. The second-order valence-electron chi connectivity index (χ2n) is 7.50. The van der Waals surface area contributed by atoms with Gasteiger partial charge < -0.3 is 10.1 Å². The molecule has 0 saturated carbocycles. The molecule has 1 amide bonds. The predicted octanol–water partition coefficient (Wildman–Crippen LogP) is 4.16. The maximum absolute atomic E-state index is 13.0. The maximum atomic E-state index is 13.0. The molecule has 0 aromatic heterocycles. The molecule has 0 aliphatic carbocycles. The molecule has 3 aromatic rings. The molecule has 0 aliphatic rings. The number of amides is 1. The van der Waals surface area contributed by atoms with Gasteiger partial charge >= 0.3 is 0 Å². The van der Waals surface area contributed by atoms with Crippen molar-refractivity contribution in [3.8, 4) is 5.75 Å². The van der Waals surface area contributed by atoms with Crippen molar-refractivity contribution in [1.82, 2.24) is 5.32 Å². The summed E-state index contributed by atoms with van der Waals surface area (Å²) in [6.45, 7) is 2.78. The minimum Gasteiger partial charge on any atom is -0.492 e. The van der Waals surface area contributed by atoms with Gasteiger partial charge in [0.1, 0.15) is 11.6 Å². The molecule has 0 atom stereocenters. The summed E-state index contributed by atoms with van der Waals surface area (Å²) in [5.41, 5.74) is 2.60. The number of carbonyl (C=O) groups is 1. The van der Waals surface area contributed by atoms with Crippen molar-refractivity contribution < 1.29 is 22.3 Å². The van der Waals surface area contributed by atoms with E-state index in [9.17, 15) is 17.6 Å². The van der Waals surface area contributed by atoms with Gasteiger partial charge in [0.05, 0.1) is 25.1 Å². The lowest BCUT2D eigenvalue weighted by molar-refractivity contribution is 0.0954. The Labute approximate surface area is 194 Å². The van der Waals surface area contributed by atoms with Crippen molar-refractivity contribution >= 4 is 21.6 Å². The fourth-order valence-electron chi connectivity index (χ4n) is 3.32. The van der Waals surface area contributed by atoms with Gasteiger partial charge in [-0.05, 0) is 60.9 Å². The summed E-state index contributed by atoms with van der Waals surface area (Å²) in [5, 5.41) is 2.84. The van der Waals surface area contributed by atoms with E-state index in [0.29, 0.717) is 36.6 Å². The lowest BCUT2D eigenvalue weighted by Crippen LogP contribution is -2.30. The largest absolute Gasteiger partial charge is 0.492 e. The Bertz CT molecular complexity index is 1180. The van der Waals surface area contributed by atoms with Crippen LogP contribution in [0.1, 0.15) is 28.4 Å². The Morgan fingerprint density at radius 3 is 2.24 bits per heavy atom. The molecule has 0 heterocycles. The van der Waals surface area contributed by atoms with E-state index in [2.05, 4.69) is 5.32 Å². The third-order valence-electron chi connectivity index (χ3n) is 4.99. The molecule has 3 rings (SSSR count). The molecule has 0 aliphatic heterocycles. The number of hydrogen-bond donors (Lipinski definition) is 1. The highest BCUT2D eigenvalue weighted by Crippen LogP contribution is 2.31. The van der Waals surface area contributed by atoms with Crippen LogP contribution in [0.4, 0.5) is 10.1 Å². The highest BCUT2D eigenvalue weighted by atomic mass is 32.2. The normalized spacial score (nSPS) is 11.1. The van der Waals surface area contributed by atoms with Gasteiger partial charge in [-0.2, -0.15) is 0 Å². The summed E-state index contributed by atoms with van der Waals surface area (Å²) in [4.78, 5) is 12.4. The van der Waals surface area contributed by atoms with Gasteiger partial charge in [0, 0.05) is 12.1 Å². The zero-order valence-electron chi connectivity index (χ0n) is 18.6. The first kappa shape index (κ1) is 24.3. The van der Waals surface area contributed by atoms with Gasteiger partial charge in [-0.25, -0.2) is 12.8 Å². The van der Waals surface area contributed by atoms with Crippen LogP contribution in [0.2, 0.25) is 0 Å². The van der Waals surface area contributed by atoms with Gasteiger partial charge in [-0.3, -0.25) is 9.10 Å². The van der Waals surface area contributed by atoms with Gasteiger partial charge in [0.15, 0.2) is 0 Å². The van der Waals surface area contributed by atoms with Gasteiger partial charge in [0.25, 0.3) is 5.91 Å². The van der Waals surface area contributed by atoms with Crippen LogP contribution in [-0.4, -0.2) is 33.7 Å². The Hall–Kier alpha value is -3.39. The monoisotopic (exact) mass is 470 g/mol. The highest BCUT2D eigenvalue weighted by molar-refractivity contribution is 7.92. The van der Waals surface area contributed by atoms with E-state index in [1.54, 1.807) is 60.7 Å². The molecule has 3 aromatic carbocycles. The quantitative estimate of drug-likeness (QED) is 0.483. The molecule has 0 unspecified atom stereocenters. The Morgan fingerprint density at radius 2 is 1.61 bits per heavy atom. The van der Waals surface area contributed by atoms with Crippen LogP contribution in [0.3, 0.4) is 0 Å². The number of nitrogens with one attached hydrogen (secondary N) is 1. The molecular weight excluding hydrogens is 443 g/mol. The molecule has 1 N–H and O–H groups in total. The number of benzene rings is 3. The minimum absolute atomic E-state index is 0.107. The van der Waals surface area contributed by atoms with Crippen LogP contribution in [0.15, 0.2) is 72.8 Å². The number of carbonyl (C=O) groups excluding carboxylic acids is 1. The van der Waals surface area contributed by atoms with Crippen LogP contribution in [0.25, 0.3) is 0 Å². The van der Waals surface area contributed by atoms with E-state index in [-0.39, 0.29) is 18.3 Å². The summed E-state index contributed by atoms with van der Waals surface area (Å²) in [7, 11) is -3.57. The average Bonchev–Trinajstić information content (AvgIpc) is 2.79. The molecule has 33 heavy (non-hydrogen) atoms. The summed E-state index contributed by atoms with van der Waals surface area (Å²) in [5.74, 6) is -0.0356. The van der Waals surface area contributed by atoms with Gasteiger partial charge in [-0.15, -0.1) is 0 Å². The van der Waals surface area contributed by atoms with E-state index in [1.165, 1.54) is 16.4 Å². The number of para-hydroxylation sites is 2. The molecule has 0 radical (unpaired) electrons. The van der Waals surface area contributed by atoms with Crippen molar-refractivity contribution in [2.45, 2.75) is 19.9 Å². The summed E-state index contributed by atoms with van der Waals surface area (Å²) in [6.07, 6.45) is 1.74. The van der Waals surface area contributed by atoms with Crippen molar-refractivity contribution in [2.75, 3.05) is 23.7 Å². The number of nitrogens with zero attached hydrogens (tertiary/aromatic N) is 1. The molecule has 6 nitrogen and oxygen atoms in total. The van der Waals surface area contributed by atoms with Crippen molar-refractivity contribution in [3.63, 3.8) is 0 Å². The number of ether oxygens (including phenoxy) is 1. The lowest BCUT2D eigenvalue weighted by Gasteiger charge is -2.24. The predicted molar refractivity (Wildman–Crippen MR) is 128 cm³/mol. The van der Waals surface area contributed by atoms with E-state index >= 15 is 0 Å². The smallest absolute Gasteiger partial charge is 0.251 e. The molecular formula is C25H27FN2O4S. The van der Waals surface area contributed by atoms with Crippen LogP contribution in [0, 0.1) is 5.82 Å². The zero-order chi connectivity index (χ0) is 23.8. The van der Waals surface area contributed by atoms with E-state index in [1.807, 2.05) is 6.92 Å². The second kappa shape index (κ2) is 11.0. The van der Waals surface area contributed by atoms with Crippen molar-refractivity contribution in [1.29, 1.82) is 0 Å². The Morgan fingerprint density at radius 1 is 0.970 bits per heavy atom. The third kappa shape index (κ3) is 6.79. The minimum atomic E-state index is -3.57. The summed E-state index contributed by atoms with van der Waals surface area (Å²) < 4.78 is 44.9. The lowest BCUT2D eigenvalue weighted by atomic mass is 10.1. The van der Waals surface area contributed by atoms with E-state index in [4.69, 9.17) is 4.74 Å². The Kier molecular flexibility index (Phi) is 8.06. The maximum Gasteiger partial charge on any atom is 0.251 e. The van der Waals surface area contributed by atoms with Crippen molar-refractivity contribution in [2.24, 2.45) is 0 Å². The fourth-order valence-corrected chi connectivity index (χ4v) is 4.21. The van der Waals surface area contributed by atoms with Crippen LogP contribution in [0.5, 0.6) is 5.75 Å². The van der Waals surface area contributed by atoms with Gasteiger partial charge in [-0.1, -0.05) is 36.4 Å². The number of hydrogen-bond acceptors (Lipinski definition) is 4. The number of rotatable bonds is 10. The molecule has 0 bridgehead atoms. The first-order chi connectivity index (χ1) is 15.8.